The topological polar surface area (TPSA) is 96.5 Å². The molecule has 0 amide bonds. The summed E-state index contributed by atoms with van der Waals surface area (Å²) in [5, 5.41) is 7.54. The van der Waals surface area contributed by atoms with Crippen LogP contribution in [0.4, 0.5) is 0 Å². The Morgan fingerprint density at radius 3 is 2.81 bits per heavy atom. The average Bonchev–Trinajstić information content (AvgIpc) is 3.11. The number of rotatable bonds is 7. The molecule has 8 heteroatoms. The molecule has 1 aromatic carbocycles. The van der Waals surface area contributed by atoms with E-state index in [1.807, 2.05) is 30.3 Å². The van der Waals surface area contributed by atoms with Crippen LogP contribution < -0.4 is 10.2 Å². The fourth-order valence-corrected chi connectivity index (χ4v) is 2.20. The van der Waals surface area contributed by atoms with E-state index in [-0.39, 0.29) is 36.6 Å². The highest BCUT2D eigenvalue weighted by atomic mass is 16.5. The second-order valence-corrected chi connectivity index (χ2v) is 5.37. The summed E-state index contributed by atoms with van der Waals surface area (Å²) >= 11 is 0. The van der Waals surface area contributed by atoms with Crippen molar-refractivity contribution in [3.8, 4) is 5.75 Å². The van der Waals surface area contributed by atoms with Crippen molar-refractivity contribution in [2.75, 3.05) is 6.61 Å². The number of carbonyl (C=O) groups is 1. The van der Waals surface area contributed by atoms with Gasteiger partial charge in [0.2, 0.25) is 11.2 Å². The van der Waals surface area contributed by atoms with Crippen LogP contribution in [0.2, 0.25) is 0 Å². The predicted octanol–water partition coefficient (Wildman–Crippen LogP) is 2.04. The quantitative estimate of drug-likeness (QED) is 0.598. The SMILES string of the molecule is CCOC(=O)c1cn(Cc2cc(=O)c(OCc3ccccc3)co2)nn1. The summed E-state index contributed by atoms with van der Waals surface area (Å²) in [6.45, 7) is 2.39. The third-order valence-corrected chi connectivity index (χ3v) is 3.43. The number of aromatic nitrogens is 3. The van der Waals surface area contributed by atoms with Gasteiger partial charge in [0.25, 0.3) is 0 Å². The van der Waals surface area contributed by atoms with E-state index in [9.17, 15) is 9.59 Å². The predicted molar refractivity (Wildman–Crippen MR) is 90.8 cm³/mol. The Bertz CT molecular complexity index is 933. The van der Waals surface area contributed by atoms with Gasteiger partial charge in [-0.3, -0.25) is 4.79 Å². The number of benzene rings is 1. The first-order chi connectivity index (χ1) is 12.7. The van der Waals surface area contributed by atoms with E-state index < -0.39 is 5.97 Å². The van der Waals surface area contributed by atoms with Crippen molar-refractivity contribution in [2.24, 2.45) is 0 Å². The maximum absolute atomic E-state index is 12.1. The lowest BCUT2D eigenvalue weighted by Crippen LogP contribution is -2.10. The second kappa shape index (κ2) is 8.11. The van der Waals surface area contributed by atoms with Gasteiger partial charge in [-0.2, -0.15) is 0 Å². The van der Waals surface area contributed by atoms with Crippen molar-refractivity contribution in [3.63, 3.8) is 0 Å². The van der Waals surface area contributed by atoms with Crippen LogP contribution in [0.15, 0.2) is 58.1 Å². The van der Waals surface area contributed by atoms with Crippen molar-refractivity contribution < 1.29 is 18.7 Å². The molecule has 26 heavy (non-hydrogen) atoms. The van der Waals surface area contributed by atoms with Crippen LogP contribution in [-0.4, -0.2) is 27.6 Å². The minimum atomic E-state index is -0.551. The maximum atomic E-state index is 12.1. The van der Waals surface area contributed by atoms with Gasteiger partial charge in [-0.25, -0.2) is 9.48 Å². The van der Waals surface area contributed by atoms with Gasteiger partial charge in [0.05, 0.1) is 12.8 Å². The molecule has 0 radical (unpaired) electrons. The van der Waals surface area contributed by atoms with Crippen LogP contribution in [-0.2, 0) is 17.9 Å². The number of esters is 1. The number of nitrogens with zero attached hydrogens (tertiary/aromatic N) is 3. The average molecular weight is 355 g/mol. The summed E-state index contributed by atoms with van der Waals surface area (Å²) in [4.78, 5) is 23.7. The minimum Gasteiger partial charge on any atom is -0.482 e. The monoisotopic (exact) mass is 355 g/mol. The zero-order valence-electron chi connectivity index (χ0n) is 14.1. The molecule has 3 aromatic rings. The molecule has 0 unspecified atom stereocenters. The molecular formula is C18H17N3O5. The summed E-state index contributed by atoms with van der Waals surface area (Å²) in [6, 6.07) is 10.8. The summed E-state index contributed by atoms with van der Waals surface area (Å²) in [7, 11) is 0. The number of ether oxygens (including phenoxy) is 2. The van der Waals surface area contributed by atoms with Crippen LogP contribution in [0.3, 0.4) is 0 Å². The molecule has 2 heterocycles. The minimum absolute atomic E-state index is 0.0945. The van der Waals surface area contributed by atoms with Gasteiger partial charge in [-0.1, -0.05) is 35.5 Å². The molecule has 0 aliphatic rings. The normalized spacial score (nSPS) is 10.5. The van der Waals surface area contributed by atoms with Gasteiger partial charge in [0, 0.05) is 6.07 Å². The molecule has 8 nitrogen and oxygen atoms in total. The molecule has 0 saturated heterocycles. The lowest BCUT2D eigenvalue weighted by atomic mass is 10.2. The van der Waals surface area contributed by atoms with E-state index in [0.29, 0.717) is 5.76 Å². The molecular weight excluding hydrogens is 338 g/mol. The lowest BCUT2D eigenvalue weighted by Gasteiger charge is -2.06. The Kier molecular flexibility index (Phi) is 5.43. The van der Waals surface area contributed by atoms with E-state index in [1.54, 1.807) is 6.92 Å². The van der Waals surface area contributed by atoms with Crippen molar-refractivity contribution in [3.05, 3.63) is 76.1 Å². The molecule has 0 bridgehead atoms. The number of hydrogen-bond acceptors (Lipinski definition) is 7. The van der Waals surface area contributed by atoms with Crippen molar-refractivity contribution in [2.45, 2.75) is 20.1 Å². The molecule has 0 atom stereocenters. The third-order valence-electron chi connectivity index (χ3n) is 3.43. The highest BCUT2D eigenvalue weighted by molar-refractivity contribution is 5.86. The molecule has 0 aliphatic heterocycles. The largest absolute Gasteiger partial charge is 0.482 e. The van der Waals surface area contributed by atoms with Crippen LogP contribution in [0.25, 0.3) is 0 Å². The Balaban J connectivity index is 1.64. The van der Waals surface area contributed by atoms with Gasteiger partial charge < -0.3 is 13.9 Å². The van der Waals surface area contributed by atoms with Crippen LogP contribution in [0.5, 0.6) is 5.75 Å². The molecule has 134 valence electrons. The van der Waals surface area contributed by atoms with Crippen LogP contribution in [0, 0.1) is 0 Å². The Labute approximate surface area is 149 Å². The van der Waals surface area contributed by atoms with E-state index in [1.165, 1.54) is 23.2 Å². The molecule has 2 aromatic heterocycles. The third kappa shape index (κ3) is 4.35. The smallest absolute Gasteiger partial charge is 0.360 e. The fraction of sp³-hybridized carbons (Fsp3) is 0.222. The van der Waals surface area contributed by atoms with Crippen molar-refractivity contribution in [1.82, 2.24) is 15.0 Å². The van der Waals surface area contributed by atoms with Gasteiger partial charge in [0.15, 0.2) is 5.69 Å². The van der Waals surface area contributed by atoms with Gasteiger partial charge >= 0.3 is 5.97 Å². The Hall–Kier alpha value is -3.42. The molecule has 0 spiro atoms. The Morgan fingerprint density at radius 2 is 2.08 bits per heavy atom. The first-order valence-electron chi connectivity index (χ1n) is 8.01. The Morgan fingerprint density at radius 1 is 1.27 bits per heavy atom. The second-order valence-electron chi connectivity index (χ2n) is 5.37. The fourth-order valence-electron chi connectivity index (χ4n) is 2.20. The van der Waals surface area contributed by atoms with Crippen molar-refractivity contribution >= 4 is 5.97 Å². The van der Waals surface area contributed by atoms with Crippen LogP contribution >= 0.6 is 0 Å². The van der Waals surface area contributed by atoms with Crippen molar-refractivity contribution in [1.29, 1.82) is 0 Å². The molecule has 0 saturated carbocycles. The molecule has 0 N–H and O–H groups in total. The molecule has 3 rings (SSSR count). The van der Waals surface area contributed by atoms with E-state index in [2.05, 4.69) is 10.3 Å². The highest BCUT2D eigenvalue weighted by Crippen LogP contribution is 2.10. The summed E-state index contributed by atoms with van der Waals surface area (Å²) in [5.74, 6) is -0.0596. The molecule has 0 fully saturated rings. The first kappa shape index (κ1) is 17.4. The summed E-state index contributed by atoms with van der Waals surface area (Å²) in [5.41, 5.74) is 0.745. The highest BCUT2D eigenvalue weighted by Gasteiger charge is 2.13. The number of hydrogen-bond donors (Lipinski definition) is 0. The summed E-state index contributed by atoms with van der Waals surface area (Å²) < 4.78 is 17.1. The zero-order chi connectivity index (χ0) is 18.4. The summed E-state index contributed by atoms with van der Waals surface area (Å²) in [6.07, 6.45) is 2.70. The number of carbonyl (C=O) groups excluding carboxylic acids is 1. The maximum Gasteiger partial charge on any atom is 0.360 e. The molecule has 0 aliphatic carbocycles. The van der Waals surface area contributed by atoms with E-state index >= 15 is 0 Å². The van der Waals surface area contributed by atoms with Crippen LogP contribution in [0.1, 0.15) is 28.7 Å². The lowest BCUT2D eigenvalue weighted by molar-refractivity contribution is 0.0519. The standard InChI is InChI=1S/C18H17N3O5/c1-2-24-18(23)15-10-21(20-19-15)9-14-8-16(22)17(12-25-14)26-11-13-6-4-3-5-7-13/h3-8,10,12H,2,9,11H2,1H3. The van der Waals surface area contributed by atoms with Gasteiger partial charge in [-0.15, -0.1) is 5.10 Å². The van der Waals surface area contributed by atoms with E-state index in [0.717, 1.165) is 5.56 Å². The van der Waals surface area contributed by atoms with Gasteiger partial charge in [0.1, 0.15) is 25.2 Å². The zero-order valence-corrected chi connectivity index (χ0v) is 14.1. The van der Waals surface area contributed by atoms with Gasteiger partial charge in [-0.05, 0) is 12.5 Å². The van der Waals surface area contributed by atoms with E-state index in [4.69, 9.17) is 13.9 Å². The first-order valence-corrected chi connectivity index (χ1v) is 8.01.